The molecule has 1 aliphatic heterocycles. The summed E-state index contributed by atoms with van der Waals surface area (Å²) in [7, 11) is 0. The summed E-state index contributed by atoms with van der Waals surface area (Å²) in [5, 5.41) is 7.63. The predicted octanol–water partition coefficient (Wildman–Crippen LogP) is 5.17. The molecule has 0 spiro atoms. The van der Waals surface area contributed by atoms with Crippen molar-refractivity contribution < 1.29 is 0 Å². The lowest BCUT2D eigenvalue weighted by Crippen LogP contribution is -2.58. The number of rotatable bonds is 4. The predicted molar refractivity (Wildman–Crippen MR) is 137 cm³/mol. The number of hydrogen-bond acceptors (Lipinski definition) is 5. The topological polar surface area (TPSA) is 75.1 Å². The zero-order valence-electron chi connectivity index (χ0n) is 19.4. The molecule has 170 valence electrons. The number of hydrogen-bond donors (Lipinski definition) is 2. The van der Waals surface area contributed by atoms with Crippen LogP contribution in [-0.2, 0) is 0 Å². The zero-order valence-corrected chi connectivity index (χ0v) is 20.2. The minimum Gasteiger partial charge on any atom is -0.307 e. The Morgan fingerprint density at radius 2 is 1.70 bits per heavy atom. The molecular weight excluding hydrogens is 430 g/mol. The minimum absolute atomic E-state index is 0.00857. The van der Waals surface area contributed by atoms with Crippen LogP contribution >= 0.6 is 11.3 Å². The van der Waals surface area contributed by atoms with Crippen LogP contribution in [0, 0.1) is 0 Å². The highest BCUT2D eigenvalue weighted by Crippen LogP contribution is 2.31. The first-order chi connectivity index (χ1) is 15.7. The molecule has 0 bridgehead atoms. The number of H-pyrrole nitrogens is 1. The highest BCUT2D eigenvalue weighted by atomic mass is 32.1. The van der Waals surface area contributed by atoms with Crippen molar-refractivity contribution in [3.8, 4) is 16.4 Å². The van der Waals surface area contributed by atoms with Crippen LogP contribution in [0.15, 0.2) is 64.4 Å². The molecule has 0 saturated carbocycles. The second-order valence-corrected chi connectivity index (χ2v) is 11.1. The molecule has 5 rings (SSSR count). The molecule has 2 aromatic heterocycles. The lowest BCUT2D eigenvalue weighted by atomic mass is 9.80. The maximum Gasteiger partial charge on any atom is 0.282 e. The summed E-state index contributed by atoms with van der Waals surface area (Å²) < 4.78 is 2.59. The standard InChI is InChI=1S/C26H29N5OS/c1-25(2)14-18(15-26(3,4)30-25)27-16-19-22(17-10-6-5-7-11-17)29-31(23(19)32)24-28-20-12-8-9-13-21(20)33-24/h5-13,16,18,29-30H,14-15H2,1-4H3. The van der Waals surface area contributed by atoms with Crippen molar-refractivity contribution in [3.63, 3.8) is 0 Å². The van der Waals surface area contributed by atoms with Gasteiger partial charge in [-0.1, -0.05) is 53.8 Å². The molecule has 0 amide bonds. The van der Waals surface area contributed by atoms with E-state index in [0.29, 0.717) is 10.7 Å². The van der Waals surface area contributed by atoms with Crippen molar-refractivity contribution in [1.82, 2.24) is 20.1 Å². The van der Waals surface area contributed by atoms with Gasteiger partial charge in [0, 0.05) is 22.9 Å². The van der Waals surface area contributed by atoms with Gasteiger partial charge in [0.2, 0.25) is 5.13 Å². The molecule has 33 heavy (non-hydrogen) atoms. The molecule has 2 aromatic carbocycles. The van der Waals surface area contributed by atoms with Gasteiger partial charge in [0.15, 0.2) is 0 Å². The van der Waals surface area contributed by atoms with Crippen molar-refractivity contribution in [2.75, 3.05) is 0 Å². The normalized spacial score (nSPS) is 18.3. The Kier molecular flexibility index (Phi) is 5.34. The van der Waals surface area contributed by atoms with Gasteiger partial charge in [-0.3, -0.25) is 14.9 Å². The molecule has 0 radical (unpaired) electrons. The summed E-state index contributed by atoms with van der Waals surface area (Å²) in [4.78, 5) is 23.2. The summed E-state index contributed by atoms with van der Waals surface area (Å²) in [6, 6.07) is 18.0. The molecule has 1 saturated heterocycles. The van der Waals surface area contributed by atoms with Crippen LogP contribution in [0.4, 0.5) is 0 Å². The Bertz CT molecular complexity index is 1330. The molecule has 0 atom stereocenters. The first kappa shape index (κ1) is 21.8. The summed E-state index contributed by atoms with van der Waals surface area (Å²) >= 11 is 1.50. The lowest BCUT2D eigenvalue weighted by molar-refractivity contribution is 0.164. The second-order valence-electron chi connectivity index (χ2n) is 10.1. The summed E-state index contributed by atoms with van der Waals surface area (Å²) in [5.74, 6) is 0. The Morgan fingerprint density at radius 3 is 2.39 bits per heavy atom. The van der Waals surface area contributed by atoms with Crippen LogP contribution in [-0.4, -0.2) is 38.1 Å². The van der Waals surface area contributed by atoms with E-state index in [4.69, 9.17) is 4.99 Å². The van der Waals surface area contributed by atoms with Crippen LogP contribution in [0.1, 0.15) is 46.1 Å². The smallest absolute Gasteiger partial charge is 0.282 e. The maximum atomic E-state index is 13.6. The fraction of sp³-hybridized carbons (Fsp3) is 0.346. The van der Waals surface area contributed by atoms with Gasteiger partial charge in [0.25, 0.3) is 5.56 Å². The largest absolute Gasteiger partial charge is 0.307 e. The summed E-state index contributed by atoms with van der Waals surface area (Å²) in [6.07, 6.45) is 3.61. The zero-order chi connectivity index (χ0) is 23.2. The van der Waals surface area contributed by atoms with Crippen molar-refractivity contribution >= 4 is 27.8 Å². The Morgan fingerprint density at radius 1 is 1.03 bits per heavy atom. The monoisotopic (exact) mass is 459 g/mol. The van der Waals surface area contributed by atoms with Crippen molar-refractivity contribution in [2.45, 2.75) is 57.7 Å². The number of piperidine rings is 1. The third-order valence-corrected chi connectivity index (χ3v) is 7.07. The number of thiazole rings is 1. The van der Waals surface area contributed by atoms with Gasteiger partial charge in [0.1, 0.15) is 0 Å². The van der Waals surface area contributed by atoms with E-state index >= 15 is 0 Å². The Hall–Kier alpha value is -3.03. The van der Waals surface area contributed by atoms with Gasteiger partial charge < -0.3 is 5.32 Å². The number of aromatic nitrogens is 3. The van der Waals surface area contributed by atoms with Crippen LogP contribution in [0.25, 0.3) is 26.6 Å². The summed E-state index contributed by atoms with van der Waals surface area (Å²) in [5.41, 5.74) is 3.00. The van der Waals surface area contributed by atoms with E-state index in [-0.39, 0.29) is 22.7 Å². The first-order valence-corrected chi connectivity index (χ1v) is 12.1. The Balaban J connectivity index is 1.59. The van der Waals surface area contributed by atoms with Crippen LogP contribution in [0.2, 0.25) is 0 Å². The average molecular weight is 460 g/mol. The Labute approximate surface area is 197 Å². The quantitative estimate of drug-likeness (QED) is 0.414. The van der Waals surface area contributed by atoms with E-state index in [1.807, 2.05) is 54.6 Å². The van der Waals surface area contributed by atoms with E-state index in [2.05, 4.69) is 43.1 Å². The highest BCUT2D eigenvalue weighted by molar-refractivity contribution is 7.20. The third kappa shape index (κ3) is 4.43. The van der Waals surface area contributed by atoms with Gasteiger partial charge in [-0.2, -0.15) is 4.68 Å². The van der Waals surface area contributed by atoms with Crippen molar-refractivity contribution in [1.29, 1.82) is 0 Å². The molecule has 1 fully saturated rings. The highest BCUT2D eigenvalue weighted by Gasteiger charge is 2.37. The fourth-order valence-electron chi connectivity index (χ4n) is 5.04. The van der Waals surface area contributed by atoms with Crippen molar-refractivity contribution in [2.24, 2.45) is 4.99 Å². The van der Waals surface area contributed by atoms with Gasteiger partial charge in [0.05, 0.1) is 27.5 Å². The van der Waals surface area contributed by atoms with Gasteiger partial charge in [-0.15, -0.1) is 0 Å². The molecule has 1 aliphatic rings. The number of aromatic amines is 1. The lowest BCUT2D eigenvalue weighted by Gasteiger charge is -2.45. The van der Waals surface area contributed by atoms with E-state index in [1.54, 1.807) is 10.9 Å². The molecule has 7 heteroatoms. The fourth-order valence-corrected chi connectivity index (χ4v) is 5.96. The van der Waals surface area contributed by atoms with Crippen LogP contribution < -0.4 is 10.9 Å². The molecule has 0 unspecified atom stereocenters. The van der Waals surface area contributed by atoms with Crippen LogP contribution in [0.3, 0.4) is 0 Å². The van der Waals surface area contributed by atoms with Gasteiger partial charge in [-0.05, 0) is 52.7 Å². The van der Waals surface area contributed by atoms with E-state index in [9.17, 15) is 4.79 Å². The number of nitrogens with zero attached hydrogens (tertiary/aromatic N) is 3. The first-order valence-electron chi connectivity index (χ1n) is 11.3. The second kappa shape index (κ2) is 8.08. The van der Waals surface area contributed by atoms with E-state index in [1.165, 1.54) is 11.3 Å². The number of para-hydroxylation sites is 1. The minimum atomic E-state index is -0.135. The number of aliphatic imine (C=N–C) groups is 1. The number of nitrogens with one attached hydrogen (secondary N) is 2. The molecule has 0 aliphatic carbocycles. The third-order valence-electron chi connectivity index (χ3n) is 6.05. The number of fused-ring (bicyclic) bond motifs is 1. The van der Waals surface area contributed by atoms with Gasteiger partial charge >= 0.3 is 0 Å². The molecule has 4 aromatic rings. The molecule has 2 N–H and O–H groups in total. The molecular formula is C26H29N5OS. The molecule has 6 nitrogen and oxygen atoms in total. The van der Waals surface area contributed by atoms with Gasteiger partial charge in [-0.25, -0.2) is 4.98 Å². The number of benzene rings is 2. The van der Waals surface area contributed by atoms with Crippen LogP contribution in [0.5, 0.6) is 0 Å². The summed E-state index contributed by atoms with van der Waals surface area (Å²) in [6.45, 7) is 8.84. The average Bonchev–Trinajstić information content (AvgIpc) is 3.31. The maximum absolute atomic E-state index is 13.6. The van der Waals surface area contributed by atoms with E-state index < -0.39 is 0 Å². The SMILES string of the molecule is CC1(C)CC(N=Cc2c(-c3ccccc3)[nH]n(-c3nc4ccccc4s3)c2=O)CC(C)(C)N1. The van der Waals surface area contributed by atoms with Crippen molar-refractivity contribution in [3.05, 3.63) is 70.5 Å². The van der Waals surface area contributed by atoms with E-state index in [0.717, 1.165) is 34.3 Å². The molecule has 3 heterocycles.